The SMILES string of the molecule is Cc1cc(-c2ccc(CCO)cc2)c([N+](=O)[O-])cc1C#N. The average Bonchev–Trinajstić information content (AvgIpc) is 2.48. The summed E-state index contributed by atoms with van der Waals surface area (Å²) in [6.45, 7) is 1.82. The van der Waals surface area contributed by atoms with Gasteiger partial charge in [-0.15, -0.1) is 0 Å². The molecule has 0 atom stereocenters. The Morgan fingerprint density at radius 2 is 1.95 bits per heavy atom. The monoisotopic (exact) mass is 282 g/mol. The molecule has 5 nitrogen and oxygen atoms in total. The van der Waals surface area contributed by atoms with E-state index in [1.807, 2.05) is 18.2 Å². The Kier molecular flexibility index (Phi) is 4.31. The minimum absolute atomic E-state index is 0.0649. The van der Waals surface area contributed by atoms with Gasteiger partial charge in [-0.05, 0) is 36.1 Å². The van der Waals surface area contributed by atoms with Gasteiger partial charge in [-0.3, -0.25) is 10.1 Å². The van der Waals surface area contributed by atoms with Crippen LogP contribution in [0.2, 0.25) is 0 Å². The Balaban J connectivity index is 2.54. The topological polar surface area (TPSA) is 87.2 Å². The number of hydrogen-bond acceptors (Lipinski definition) is 4. The zero-order chi connectivity index (χ0) is 15.4. The Morgan fingerprint density at radius 1 is 1.29 bits per heavy atom. The molecule has 0 unspecified atom stereocenters. The molecule has 106 valence electrons. The van der Waals surface area contributed by atoms with Gasteiger partial charge in [-0.25, -0.2) is 0 Å². The second-order valence-electron chi connectivity index (χ2n) is 4.72. The van der Waals surface area contributed by atoms with Crippen molar-refractivity contribution in [1.82, 2.24) is 0 Å². The van der Waals surface area contributed by atoms with Gasteiger partial charge in [0.15, 0.2) is 0 Å². The lowest BCUT2D eigenvalue weighted by molar-refractivity contribution is -0.384. The van der Waals surface area contributed by atoms with E-state index in [1.54, 1.807) is 25.1 Å². The maximum absolute atomic E-state index is 11.2. The van der Waals surface area contributed by atoms with Crippen LogP contribution in [0.4, 0.5) is 5.69 Å². The zero-order valence-electron chi connectivity index (χ0n) is 11.5. The van der Waals surface area contributed by atoms with Crippen LogP contribution in [0.25, 0.3) is 11.1 Å². The quantitative estimate of drug-likeness (QED) is 0.689. The zero-order valence-corrected chi connectivity index (χ0v) is 11.5. The number of aliphatic hydroxyl groups is 1. The molecule has 0 aromatic heterocycles. The Labute approximate surface area is 122 Å². The Hall–Kier alpha value is -2.71. The van der Waals surface area contributed by atoms with Crippen molar-refractivity contribution in [1.29, 1.82) is 5.26 Å². The predicted molar refractivity (Wildman–Crippen MR) is 78.8 cm³/mol. The molecular formula is C16H14N2O3. The summed E-state index contributed by atoms with van der Waals surface area (Å²) in [5, 5.41) is 29.1. The number of nitro groups is 1. The van der Waals surface area contributed by atoms with Gasteiger partial charge in [0.2, 0.25) is 0 Å². The van der Waals surface area contributed by atoms with Crippen LogP contribution in [0.1, 0.15) is 16.7 Å². The molecule has 0 aliphatic rings. The van der Waals surface area contributed by atoms with Crippen molar-refractivity contribution in [3.8, 4) is 17.2 Å². The molecular weight excluding hydrogens is 268 g/mol. The van der Waals surface area contributed by atoms with Crippen LogP contribution in [-0.4, -0.2) is 16.6 Å². The number of nitrogens with zero attached hydrogens (tertiary/aromatic N) is 2. The normalized spacial score (nSPS) is 10.1. The van der Waals surface area contributed by atoms with Gasteiger partial charge in [0.1, 0.15) is 0 Å². The summed E-state index contributed by atoms with van der Waals surface area (Å²) >= 11 is 0. The van der Waals surface area contributed by atoms with Crippen molar-refractivity contribution in [3.05, 3.63) is 63.2 Å². The fourth-order valence-electron chi connectivity index (χ4n) is 2.18. The van der Waals surface area contributed by atoms with Gasteiger partial charge in [0.05, 0.1) is 22.1 Å². The number of nitriles is 1. The molecule has 0 radical (unpaired) electrons. The predicted octanol–water partition coefficient (Wildman–Crippen LogP) is 2.98. The third-order valence-electron chi connectivity index (χ3n) is 3.33. The lowest BCUT2D eigenvalue weighted by atomic mass is 9.97. The van der Waals surface area contributed by atoms with Gasteiger partial charge < -0.3 is 5.11 Å². The first kappa shape index (κ1) is 14.7. The van der Waals surface area contributed by atoms with Crippen LogP contribution in [-0.2, 0) is 6.42 Å². The molecule has 1 N–H and O–H groups in total. The number of nitro benzene ring substituents is 1. The van der Waals surface area contributed by atoms with E-state index in [4.69, 9.17) is 10.4 Å². The highest BCUT2D eigenvalue weighted by Gasteiger charge is 2.18. The fraction of sp³-hybridized carbons (Fsp3) is 0.188. The van der Waals surface area contributed by atoms with E-state index in [0.717, 1.165) is 11.1 Å². The first-order valence-electron chi connectivity index (χ1n) is 6.46. The molecule has 2 aromatic carbocycles. The fourth-order valence-corrected chi connectivity index (χ4v) is 2.18. The Bertz CT molecular complexity index is 716. The van der Waals surface area contributed by atoms with E-state index in [0.29, 0.717) is 23.1 Å². The second kappa shape index (κ2) is 6.16. The van der Waals surface area contributed by atoms with Crippen molar-refractivity contribution in [2.75, 3.05) is 6.61 Å². The number of benzene rings is 2. The minimum Gasteiger partial charge on any atom is -0.396 e. The average molecular weight is 282 g/mol. The molecule has 0 saturated heterocycles. The molecule has 0 bridgehead atoms. The summed E-state index contributed by atoms with van der Waals surface area (Å²) in [7, 11) is 0. The molecule has 0 aliphatic carbocycles. The van der Waals surface area contributed by atoms with Gasteiger partial charge in [-0.1, -0.05) is 24.3 Å². The van der Waals surface area contributed by atoms with E-state index in [9.17, 15) is 10.1 Å². The van der Waals surface area contributed by atoms with Crippen molar-refractivity contribution in [2.24, 2.45) is 0 Å². The lowest BCUT2D eigenvalue weighted by Crippen LogP contribution is -1.96. The Morgan fingerprint density at radius 3 is 2.48 bits per heavy atom. The van der Waals surface area contributed by atoms with Crippen LogP contribution in [0.3, 0.4) is 0 Å². The molecule has 21 heavy (non-hydrogen) atoms. The minimum atomic E-state index is -0.475. The van der Waals surface area contributed by atoms with Crippen molar-refractivity contribution >= 4 is 5.69 Å². The van der Waals surface area contributed by atoms with Crippen LogP contribution in [0.15, 0.2) is 36.4 Å². The summed E-state index contributed by atoms with van der Waals surface area (Å²) in [6, 6.07) is 12.2. The smallest absolute Gasteiger partial charge is 0.278 e. The summed E-state index contributed by atoms with van der Waals surface area (Å²) in [5.74, 6) is 0. The molecule has 0 spiro atoms. The highest BCUT2D eigenvalue weighted by atomic mass is 16.6. The summed E-state index contributed by atoms with van der Waals surface area (Å²) in [5.41, 5.74) is 3.12. The van der Waals surface area contributed by atoms with E-state index >= 15 is 0 Å². The van der Waals surface area contributed by atoms with Gasteiger partial charge in [-0.2, -0.15) is 5.26 Å². The molecule has 2 rings (SSSR count). The van der Waals surface area contributed by atoms with Crippen LogP contribution in [0, 0.1) is 28.4 Å². The summed E-state index contributed by atoms with van der Waals surface area (Å²) in [4.78, 5) is 10.7. The number of hydrogen-bond donors (Lipinski definition) is 1. The molecule has 0 heterocycles. The first-order valence-corrected chi connectivity index (χ1v) is 6.46. The lowest BCUT2D eigenvalue weighted by Gasteiger charge is -2.07. The van der Waals surface area contributed by atoms with E-state index in [-0.39, 0.29) is 12.3 Å². The van der Waals surface area contributed by atoms with E-state index < -0.39 is 4.92 Å². The van der Waals surface area contributed by atoms with Crippen molar-refractivity contribution < 1.29 is 10.0 Å². The third kappa shape index (κ3) is 3.07. The van der Waals surface area contributed by atoms with Crippen molar-refractivity contribution in [2.45, 2.75) is 13.3 Å². The number of aryl methyl sites for hydroxylation is 1. The first-order chi connectivity index (χ1) is 10.1. The molecule has 5 heteroatoms. The standard InChI is InChI=1S/C16H14N2O3/c1-11-8-15(16(18(20)21)9-14(11)10-17)13-4-2-12(3-5-13)6-7-19/h2-5,8-9,19H,6-7H2,1H3. The second-order valence-corrected chi connectivity index (χ2v) is 4.72. The maximum Gasteiger partial charge on any atom is 0.278 e. The van der Waals surface area contributed by atoms with Crippen molar-refractivity contribution in [3.63, 3.8) is 0 Å². The van der Waals surface area contributed by atoms with Gasteiger partial charge >= 0.3 is 0 Å². The maximum atomic E-state index is 11.2. The van der Waals surface area contributed by atoms with Crippen LogP contribution < -0.4 is 0 Å². The highest BCUT2D eigenvalue weighted by Crippen LogP contribution is 2.32. The van der Waals surface area contributed by atoms with E-state index in [1.165, 1.54) is 6.07 Å². The molecule has 2 aromatic rings. The number of rotatable bonds is 4. The molecule has 0 fully saturated rings. The highest BCUT2D eigenvalue weighted by molar-refractivity contribution is 5.76. The molecule has 0 aliphatic heterocycles. The van der Waals surface area contributed by atoms with Gasteiger partial charge in [0.25, 0.3) is 5.69 Å². The summed E-state index contributed by atoms with van der Waals surface area (Å²) in [6.07, 6.45) is 0.550. The largest absolute Gasteiger partial charge is 0.396 e. The third-order valence-corrected chi connectivity index (χ3v) is 3.33. The summed E-state index contributed by atoms with van der Waals surface area (Å²) < 4.78 is 0. The van der Waals surface area contributed by atoms with Gasteiger partial charge in [0, 0.05) is 12.7 Å². The molecule has 0 saturated carbocycles. The molecule has 0 amide bonds. The van der Waals surface area contributed by atoms with Crippen LogP contribution >= 0.6 is 0 Å². The van der Waals surface area contributed by atoms with Crippen LogP contribution in [0.5, 0.6) is 0 Å². The number of aliphatic hydroxyl groups excluding tert-OH is 1. The van der Waals surface area contributed by atoms with E-state index in [2.05, 4.69) is 0 Å².